The molecule has 0 atom stereocenters. The molecule has 0 bridgehead atoms. The maximum absolute atomic E-state index is 11.7. The topological polar surface area (TPSA) is 57.2 Å². The van der Waals surface area contributed by atoms with Gasteiger partial charge in [-0.15, -0.1) is 0 Å². The Bertz CT molecular complexity index is 594. The van der Waals surface area contributed by atoms with Crippen LogP contribution in [-0.4, -0.2) is 17.6 Å². The molecule has 100 valence electrons. The highest BCUT2D eigenvalue weighted by Crippen LogP contribution is 2.19. The quantitative estimate of drug-likeness (QED) is 0.861. The predicted molar refractivity (Wildman–Crippen MR) is 75.2 cm³/mol. The minimum Gasteiger partial charge on any atom is -0.464 e. The molecule has 0 spiro atoms. The van der Waals surface area contributed by atoms with E-state index in [1.165, 1.54) is 23.8 Å². The Kier molecular flexibility index (Phi) is 3.60. The Morgan fingerprint density at radius 3 is 2.53 bits per heavy atom. The minimum atomic E-state index is -0.372. The third-order valence-electron chi connectivity index (χ3n) is 3.29. The molecule has 4 heteroatoms. The number of anilines is 1. The van der Waals surface area contributed by atoms with Crippen LogP contribution in [0.15, 0.2) is 30.5 Å². The van der Waals surface area contributed by atoms with Gasteiger partial charge in [0.15, 0.2) is 0 Å². The van der Waals surface area contributed by atoms with Crippen molar-refractivity contribution in [2.45, 2.75) is 20.4 Å². The van der Waals surface area contributed by atoms with Crippen LogP contribution in [0.25, 0.3) is 0 Å². The van der Waals surface area contributed by atoms with Gasteiger partial charge in [-0.25, -0.2) is 4.79 Å². The van der Waals surface area contributed by atoms with Crippen molar-refractivity contribution in [1.82, 2.24) is 4.57 Å². The Hall–Kier alpha value is -2.23. The Labute approximate surface area is 112 Å². The molecule has 2 rings (SSSR count). The third-order valence-corrected chi connectivity index (χ3v) is 3.29. The minimum absolute atomic E-state index is 0.372. The van der Waals surface area contributed by atoms with Crippen molar-refractivity contribution in [3.8, 4) is 0 Å². The van der Waals surface area contributed by atoms with Gasteiger partial charge in [0.25, 0.3) is 0 Å². The molecule has 1 aromatic carbocycles. The van der Waals surface area contributed by atoms with Crippen LogP contribution in [0.1, 0.15) is 27.2 Å². The van der Waals surface area contributed by atoms with E-state index < -0.39 is 0 Å². The van der Waals surface area contributed by atoms with Crippen LogP contribution in [-0.2, 0) is 11.3 Å². The lowest BCUT2D eigenvalue weighted by Gasteiger charge is -2.12. The van der Waals surface area contributed by atoms with Gasteiger partial charge < -0.3 is 15.0 Å². The summed E-state index contributed by atoms with van der Waals surface area (Å²) in [5, 5.41) is 0. The summed E-state index contributed by atoms with van der Waals surface area (Å²) in [5.41, 5.74) is 10.4. The van der Waals surface area contributed by atoms with Gasteiger partial charge in [-0.05, 0) is 36.6 Å². The summed E-state index contributed by atoms with van der Waals surface area (Å²) in [6.07, 6.45) is 1.76. The van der Waals surface area contributed by atoms with Crippen molar-refractivity contribution >= 4 is 11.7 Å². The fourth-order valence-electron chi connectivity index (χ4n) is 2.21. The number of esters is 1. The van der Waals surface area contributed by atoms with Crippen LogP contribution in [0.2, 0.25) is 0 Å². The number of nitrogens with two attached hydrogens (primary N) is 1. The molecule has 0 saturated carbocycles. The molecular formula is C15H18N2O2. The van der Waals surface area contributed by atoms with Gasteiger partial charge in [-0.3, -0.25) is 0 Å². The molecule has 4 nitrogen and oxygen atoms in total. The molecule has 0 aliphatic heterocycles. The van der Waals surface area contributed by atoms with Crippen LogP contribution in [0, 0.1) is 13.8 Å². The third kappa shape index (κ3) is 2.62. The maximum atomic E-state index is 11.7. The lowest BCUT2D eigenvalue weighted by molar-refractivity contribution is 0.0589. The van der Waals surface area contributed by atoms with Gasteiger partial charge in [0, 0.05) is 12.7 Å². The average molecular weight is 258 g/mol. The number of hydrogen-bond acceptors (Lipinski definition) is 3. The standard InChI is InChI=1S/C15H18N2O2/c1-10-5-4-6-11(2)13(10)9-17-8-12(16)7-14(17)15(18)19-3/h4-8H,9,16H2,1-3H3. The molecule has 1 aromatic heterocycles. The number of rotatable bonds is 3. The van der Waals surface area contributed by atoms with Gasteiger partial charge in [-0.2, -0.15) is 0 Å². The predicted octanol–water partition coefficient (Wildman–Crippen LogP) is 2.52. The number of hydrogen-bond donors (Lipinski definition) is 1. The molecule has 0 saturated heterocycles. The summed E-state index contributed by atoms with van der Waals surface area (Å²) in [7, 11) is 1.37. The lowest BCUT2D eigenvalue weighted by atomic mass is 10.0. The van der Waals surface area contributed by atoms with Crippen molar-refractivity contribution < 1.29 is 9.53 Å². The van der Waals surface area contributed by atoms with Crippen LogP contribution < -0.4 is 5.73 Å². The zero-order valence-corrected chi connectivity index (χ0v) is 11.4. The summed E-state index contributed by atoms with van der Waals surface area (Å²) < 4.78 is 6.60. The summed E-state index contributed by atoms with van der Waals surface area (Å²) in [6.45, 7) is 4.74. The van der Waals surface area contributed by atoms with Crippen LogP contribution >= 0.6 is 0 Å². The highest BCUT2D eigenvalue weighted by molar-refractivity contribution is 5.89. The Morgan fingerprint density at radius 2 is 1.95 bits per heavy atom. The number of aryl methyl sites for hydroxylation is 2. The van der Waals surface area contributed by atoms with Crippen molar-refractivity contribution in [2.75, 3.05) is 12.8 Å². The average Bonchev–Trinajstić information content (AvgIpc) is 2.74. The van der Waals surface area contributed by atoms with Gasteiger partial charge in [0.2, 0.25) is 0 Å². The Morgan fingerprint density at radius 1 is 1.32 bits per heavy atom. The molecule has 1 heterocycles. The van der Waals surface area contributed by atoms with Crippen molar-refractivity contribution in [3.63, 3.8) is 0 Å². The first-order valence-electron chi connectivity index (χ1n) is 6.12. The smallest absolute Gasteiger partial charge is 0.354 e. The van der Waals surface area contributed by atoms with E-state index in [-0.39, 0.29) is 5.97 Å². The highest BCUT2D eigenvalue weighted by atomic mass is 16.5. The summed E-state index contributed by atoms with van der Waals surface area (Å²) in [6, 6.07) is 7.79. The summed E-state index contributed by atoms with van der Waals surface area (Å²) >= 11 is 0. The number of carbonyl (C=O) groups excluding carboxylic acids is 1. The van der Waals surface area contributed by atoms with E-state index in [9.17, 15) is 4.79 Å². The van der Waals surface area contributed by atoms with Gasteiger partial charge in [0.1, 0.15) is 5.69 Å². The number of aromatic nitrogens is 1. The van der Waals surface area contributed by atoms with E-state index in [1.807, 2.05) is 10.6 Å². The molecule has 19 heavy (non-hydrogen) atoms. The first kappa shape index (κ1) is 13.2. The zero-order valence-electron chi connectivity index (χ0n) is 11.4. The number of carbonyl (C=O) groups is 1. The second-order valence-electron chi connectivity index (χ2n) is 4.65. The van der Waals surface area contributed by atoms with Crippen LogP contribution in [0.3, 0.4) is 0 Å². The fraction of sp³-hybridized carbons (Fsp3) is 0.267. The number of methoxy groups -OCH3 is 1. The van der Waals surface area contributed by atoms with Crippen LogP contribution in [0.5, 0.6) is 0 Å². The van der Waals surface area contributed by atoms with Crippen molar-refractivity contribution in [1.29, 1.82) is 0 Å². The highest BCUT2D eigenvalue weighted by Gasteiger charge is 2.14. The maximum Gasteiger partial charge on any atom is 0.354 e. The second kappa shape index (κ2) is 5.18. The first-order chi connectivity index (χ1) is 9.02. The van der Waals surface area contributed by atoms with E-state index in [0.29, 0.717) is 17.9 Å². The molecular weight excluding hydrogens is 240 g/mol. The van der Waals surface area contributed by atoms with Gasteiger partial charge in [0.05, 0.1) is 12.8 Å². The molecule has 0 aliphatic carbocycles. The summed E-state index contributed by atoms with van der Waals surface area (Å²) in [5.74, 6) is -0.372. The number of ether oxygens (including phenoxy) is 1. The monoisotopic (exact) mass is 258 g/mol. The second-order valence-corrected chi connectivity index (χ2v) is 4.65. The van der Waals surface area contributed by atoms with E-state index in [4.69, 9.17) is 10.5 Å². The number of nitrogen functional groups attached to an aromatic ring is 1. The molecule has 0 radical (unpaired) electrons. The van der Waals surface area contributed by atoms with E-state index in [0.717, 1.165) is 0 Å². The van der Waals surface area contributed by atoms with Crippen molar-refractivity contribution in [3.05, 3.63) is 52.8 Å². The van der Waals surface area contributed by atoms with E-state index >= 15 is 0 Å². The number of benzene rings is 1. The lowest BCUT2D eigenvalue weighted by Crippen LogP contribution is -2.12. The van der Waals surface area contributed by atoms with Gasteiger partial charge >= 0.3 is 5.97 Å². The SMILES string of the molecule is COC(=O)c1cc(N)cn1Cc1c(C)cccc1C. The van der Waals surface area contributed by atoms with Crippen LogP contribution in [0.4, 0.5) is 5.69 Å². The van der Waals surface area contributed by atoms with Gasteiger partial charge in [-0.1, -0.05) is 18.2 Å². The normalized spacial score (nSPS) is 10.5. The molecule has 0 aliphatic rings. The largest absolute Gasteiger partial charge is 0.464 e. The van der Waals surface area contributed by atoms with E-state index in [2.05, 4.69) is 26.0 Å². The first-order valence-corrected chi connectivity index (χ1v) is 6.12. The molecule has 0 unspecified atom stereocenters. The Balaban J connectivity index is 2.41. The molecule has 2 aromatic rings. The van der Waals surface area contributed by atoms with Crippen molar-refractivity contribution in [2.24, 2.45) is 0 Å². The fourth-order valence-corrected chi connectivity index (χ4v) is 2.21. The van der Waals surface area contributed by atoms with E-state index in [1.54, 1.807) is 12.3 Å². The zero-order chi connectivity index (χ0) is 14.0. The molecule has 0 fully saturated rings. The molecule has 0 amide bonds. The summed E-state index contributed by atoms with van der Waals surface area (Å²) in [4.78, 5) is 11.7. The molecule has 2 N–H and O–H groups in total. The number of nitrogens with zero attached hydrogens (tertiary/aromatic N) is 1.